The minimum Gasteiger partial charge on any atom is -0.497 e. The Morgan fingerprint density at radius 2 is 1.88 bits per heavy atom. The Hall–Kier alpha value is -3.55. The van der Waals surface area contributed by atoms with E-state index in [1.807, 2.05) is 0 Å². The maximum atomic E-state index is 13.1. The van der Waals surface area contributed by atoms with E-state index in [-0.39, 0.29) is 6.42 Å². The predicted molar refractivity (Wildman–Crippen MR) is 114 cm³/mol. The Labute approximate surface area is 188 Å². The molecule has 1 aliphatic rings. The molecule has 0 saturated carbocycles. The molecule has 2 aromatic rings. The number of esters is 1. The first-order valence-electron chi connectivity index (χ1n) is 9.67. The fourth-order valence-corrected chi connectivity index (χ4v) is 5.11. The average molecular weight is 479 g/mol. The summed E-state index contributed by atoms with van der Waals surface area (Å²) >= 11 is 0. The Kier molecular flexibility index (Phi) is 7.26. The number of para-hydroxylation sites is 1. The van der Waals surface area contributed by atoms with Crippen LogP contribution in [0.15, 0.2) is 53.4 Å². The van der Waals surface area contributed by atoms with Crippen molar-refractivity contribution in [3.63, 3.8) is 0 Å². The summed E-state index contributed by atoms with van der Waals surface area (Å²) in [5.41, 5.74) is -0.237. The fourth-order valence-electron chi connectivity index (χ4n) is 3.32. The molecule has 0 radical (unpaired) electrons. The maximum Gasteiger partial charge on any atom is 0.325 e. The molecule has 2 aromatic carbocycles. The first-order chi connectivity index (χ1) is 15.6. The highest BCUT2D eigenvalue weighted by molar-refractivity contribution is 7.89. The molecule has 1 heterocycles. The number of β-amino-alcohol motifs (C(OH)–C–C–N with tert-alkyl or cyclic N) is 1. The highest BCUT2D eigenvalue weighted by atomic mass is 32.2. The molecular formula is C20H21N3O9S. The molecule has 2 N–H and O–H groups in total. The van der Waals surface area contributed by atoms with Crippen LogP contribution in [-0.4, -0.2) is 67.0 Å². The number of sulfonamides is 1. The fraction of sp³-hybridized carbons (Fsp3) is 0.300. The number of carbonyl (C=O) groups is 2. The first-order valence-corrected chi connectivity index (χ1v) is 11.1. The van der Waals surface area contributed by atoms with Crippen molar-refractivity contribution in [2.24, 2.45) is 0 Å². The number of amides is 1. The van der Waals surface area contributed by atoms with Crippen LogP contribution in [-0.2, 0) is 24.3 Å². The van der Waals surface area contributed by atoms with Gasteiger partial charge in [0.15, 0.2) is 11.5 Å². The number of methoxy groups -OCH3 is 1. The van der Waals surface area contributed by atoms with E-state index in [9.17, 15) is 33.2 Å². The standard InChI is InChI=1S/C20H21N3O9S/c1-31-15-8-6-13(7-9-15)21-19(25)12-32-20(26)17-10-14(24)11-22(17)33(29,30)18-5-3-2-4-16(18)23(27)28/h2-9,14,17,24H,10-12H2,1H3,(H,21,25)/t14-,17+/m1/s1. The van der Waals surface area contributed by atoms with Crippen LogP contribution in [0.1, 0.15) is 6.42 Å². The number of nitrogens with one attached hydrogen (secondary N) is 1. The third kappa shape index (κ3) is 5.45. The number of rotatable bonds is 8. The summed E-state index contributed by atoms with van der Waals surface area (Å²) in [6.07, 6.45) is -1.47. The van der Waals surface area contributed by atoms with Crippen molar-refractivity contribution in [2.75, 3.05) is 25.6 Å². The van der Waals surface area contributed by atoms with Crippen LogP contribution in [0.2, 0.25) is 0 Å². The van der Waals surface area contributed by atoms with E-state index >= 15 is 0 Å². The molecule has 0 unspecified atom stereocenters. The Balaban J connectivity index is 1.70. The largest absolute Gasteiger partial charge is 0.497 e. The van der Waals surface area contributed by atoms with Gasteiger partial charge in [-0.1, -0.05) is 12.1 Å². The number of ether oxygens (including phenoxy) is 2. The SMILES string of the molecule is COc1ccc(NC(=O)COC(=O)[C@@H]2C[C@@H](O)CN2S(=O)(=O)c2ccccc2[N+](=O)[O-])cc1. The molecule has 1 amide bonds. The van der Waals surface area contributed by atoms with Gasteiger partial charge < -0.3 is 19.9 Å². The molecule has 13 heteroatoms. The first kappa shape index (κ1) is 24.1. The van der Waals surface area contributed by atoms with Crippen molar-refractivity contribution in [2.45, 2.75) is 23.5 Å². The monoisotopic (exact) mass is 479 g/mol. The molecule has 2 atom stereocenters. The number of nitro groups is 1. The summed E-state index contributed by atoms with van der Waals surface area (Å²) in [6.45, 7) is -1.15. The predicted octanol–water partition coefficient (Wildman–Crippen LogP) is 0.909. The lowest BCUT2D eigenvalue weighted by Crippen LogP contribution is -2.42. The highest BCUT2D eigenvalue weighted by Crippen LogP contribution is 2.31. The quantitative estimate of drug-likeness (QED) is 0.318. The molecule has 12 nitrogen and oxygen atoms in total. The number of hydrogen-bond acceptors (Lipinski definition) is 9. The molecule has 0 spiro atoms. The minimum atomic E-state index is -4.52. The third-order valence-corrected chi connectivity index (χ3v) is 6.80. The van der Waals surface area contributed by atoms with E-state index in [0.29, 0.717) is 15.7 Å². The van der Waals surface area contributed by atoms with Gasteiger partial charge in [-0.05, 0) is 30.3 Å². The summed E-state index contributed by atoms with van der Waals surface area (Å²) in [5.74, 6) is -1.14. The Bertz CT molecular complexity index is 1150. The number of nitrogens with zero attached hydrogens (tertiary/aromatic N) is 2. The zero-order valence-electron chi connectivity index (χ0n) is 17.4. The van der Waals surface area contributed by atoms with E-state index < -0.39 is 62.7 Å². The second-order valence-corrected chi connectivity index (χ2v) is 8.95. The molecular weight excluding hydrogens is 458 g/mol. The number of nitro benzene ring substituents is 1. The van der Waals surface area contributed by atoms with Crippen molar-refractivity contribution < 1.29 is 37.5 Å². The number of hydrogen-bond donors (Lipinski definition) is 2. The number of benzene rings is 2. The van der Waals surface area contributed by atoms with Crippen LogP contribution in [0.5, 0.6) is 5.75 Å². The van der Waals surface area contributed by atoms with Gasteiger partial charge in [-0.15, -0.1) is 0 Å². The topological polar surface area (TPSA) is 165 Å². The summed E-state index contributed by atoms with van der Waals surface area (Å²) in [7, 11) is -3.02. The Morgan fingerprint density at radius 3 is 2.52 bits per heavy atom. The average Bonchev–Trinajstić information content (AvgIpc) is 3.20. The van der Waals surface area contributed by atoms with Gasteiger partial charge in [0.25, 0.3) is 21.6 Å². The summed E-state index contributed by atoms with van der Waals surface area (Å²) in [6, 6.07) is 9.63. The van der Waals surface area contributed by atoms with Gasteiger partial charge in [0.1, 0.15) is 11.8 Å². The van der Waals surface area contributed by atoms with E-state index in [2.05, 4.69) is 5.32 Å². The number of anilines is 1. The van der Waals surface area contributed by atoms with E-state index in [1.165, 1.54) is 19.2 Å². The summed E-state index contributed by atoms with van der Waals surface area (Å²) < 4.78 is 36.8. The summed E-state index contributed by atoms with van der Waals surface area (Å²) in [4.78, 5) is 34.5. The van der Waals surface area contributed by atoms with Crippen LogP contribution in [0.4, 0.5) is 11.4 Å². The number of carbonyl (C=O) groups excluding carboxylic acids is 2. The van der Waals surface area contributed by atoms with E-state index in [1.54, 1.807) is 24.3 Å². The van der Waals surface area contributed by atoms with Gasteiger partial charge in [0.2, 0.25) is 0 Å². The van der Waals surface area contributed by atoms with Gasteiger partial charge in [0.05, 0.1) is 18.1 Å². The number of aliphatic hydroxyl groups is 1. The lowest BCUT2D eigenvalue weighted by atomic mass is 10.2. The Morgan fingerprint density at radius 1 is 1.21 bits per heavy atom. The van der Waals surface area contributed by atoms with Gasteiger partial charge in [-0.3, -0.25) is 19.7 Å². The van der Waals surface area contributed by atoms with E-state index in [0.717, 1.165) is 12.1 Å². The number of aliphatic hydroxyl groups excluding tert-OH is 1. The van der Waals surface area contributed by atoms with Crippen LogP contribution in [0.25, 0.3) is 0 Å². The van der Waals surface area contributed by atoms with E-state index in [4.69, 9.17) is 9.47 Å². The maximum absolute atomic E-state index is 13.1. The van der Waals surface area contributed by atoms with Gasteiger partial charge in [0, 0.05) is 24.7 Å². The molecule has 0 aliphatic carbocycles. The van der Waals surface area contributed by atoms with Gasteiger partial charge in [-0.25, -0.2) is 8.42 Å². The third-order valence-electron chi connectivity index (χ3n) is 4.87. The van der Waals surface area contributed by atoms with Crippen LogP contribution < -0.4 is 10.1 Å². The molecule has 33 heavy (non-hydrogen) atoms. The van der Waals surface area contributed by atoms with Crippen molar-refractivity contribution in [3.8, 4) is 5.75 Å². The molecule has 1 saturated heterocycles. The second-order valence-electron chi connectivity index (χ2n) is 7.09. The zero-order chi connectivity index (χ0) is 24.2. The van der Waals surface area contributed by atoms with Crippen molar-refractivity contribution in [1.82, 2.24) is 4.31 Å². The molecule has 3 rings (SSSR count). The smallest absolute Gasteiger partial charge is 0.325 e. The molecule has 176 valence electrons. The van der Waals surface area contributed by atoms with Gasteiger partial charge >= 0.3 is 5.97 Å². The molecule has 1 aliphatic heterocycles. The zero-order valence-corrected chi connectivity index (χ0v) is 18.2. The molecule has 1 fully saturated rings. The van der Waals surface area contributed by atoms with Crippen molar-refractivity contribution >= 4 is 33.3 Å². The highest BCUT2D eigenvalue weighted by Gasteiger charge is 2.46. The van der Waals surface area contributed by atoms with Crippen LogP contribution in [0, 0.1) is 10.1 Å². The normalized spacial score (nSPS) is 18.5. The lowest BCUT2D eigenvalue weighted by molar-refractivity contribution is -0.387. The summed E-state index contributed by atoms with van der Waals surface area (Å²) in [5, 5.41) is 23.7. The lowest BCUT2D eigenvalue weighted by Gasteiger charge is -2.22. The molecule has 0 aromatic heterocycles. The molecule has 0 bridgehead atoms. The van der Waals surface area contributed by atoms with Crippen molar-refractivity contribution in [1.29, 1.82) is 0 Å². The van der Waals surface area contributed by atoms with Gasteiger partial charge in [-0.2, -0.15) is 4.31 Å². The second kappa shape index (κ2) is 9.94. The van der Waals surface area contributed by atoms with Crippen LogP contribution >= 0.6 is 0 Å². The minimum absolute atomic E-state index is 0.279. The van der Waals surface area contributed by atoms with Crippen LogP contribution in [0.3, 0.4) is 0 Å². The van der Waals surface area contributed by atoms with Crippen molar-refractivity contribution in [3.05, 3.63) is 58.6 Å².